The molecule has 0 heterocycles. The van der Waals surface area contributed by atoms with E-state index >= 15 is 0 Å². The molecule has 0 aromatic rings. The number of carbonyl (C=O) groups excluding carboxylic acids is 1. The van der Waals surface area contributed by atoms with E-state index in [2.05, 4.69) is 31.3 Å². The molecule has 0 aliphatic carbocycles. The molecule has 0 aliphatic rings. The molecule has 0 aromatic carbocycles. The van der Waals surface area contributed by atoms with Crippen LogP contribution in [0.3, 0.4) is 0 Å². The summed E-state index contributed by atoms with van der Waals surface area (Å²) in [5, 5.41) is 14.0. The summed E-state index contributed by atoms with van der Waals surface area (Å²) in [6, 6.07) is -0.756. The molecule has 0 aromatic heterocycles. The first kappa shape index (κ1) is 59.2. The van der Waals surface area contributed by atoms with Crippen LogP contribution >= 0.6 is 7.82 Å². The molecule has 0 rings (SSSR count). The van der Waals surface area contributed by atoms with E-state index in [0.717, 1.165) is 38.5 Å². The van der Waals surface area contributed by atoms with Gasteiger partial charge in [-0.3, -0.25) is 13.8 Å². The molecule has 0 bridgehead atoms. The molecule has 8 nitrogen and oxygen atoms in total. The maximum absolute atomic E-state index is 12.9. The van der Waals surface area contributed by atoms with Crippen LogP contribution < -0.4 is 5.32 Å². The zero-order chi connectivity index (χ0) is 44.3. The summed E-state index contributed by atoms with van der Waals surface area (Å²) in [5.41, 5.74) is 0. The van der Waals surface area contributed by atoms with Gasteiger partial charge in [-0.05, 0) is 38.5 Å². The normalized spacial score (nSPS) is 14.2. The number of unbranched alkanes of at least 4 members (excludes halogenated alkanes) is 33. The second kappa shape index (κ2) is 43.5. The number of phosphoric ester groups is 1. The number of phosphoric acid groups is 1. The van der Waals surface area contributed by atoms with Crippen molar-refractivity contribution in [1.82, 2.24) is 5.32 Å². The lowest BCUT2D eigenvalue weighted by Crippen LogP contribution is -2.46. The standard InChI is InChI=1S/C51H103N2O6P/c1-6-8-10-12-14-16-18-20-22-23-24-25-26-27-28-29-31-33-35-37-39-41-43-45-51(55)52-49(48-59-60(56,57)58-47-46-53(3,4)5)50(54)44-42-40-38-36-34-32-30-21-19-17-15-13-11-9-7-2/h20,22,49-50,54H,6-19,21,23-48H2,1-5H3,(H-,52,55,56,57)/p+1/b22-20+/t49-,50+/m0/s1. The van der Waals surface area contributed by atoms with Gasteiger partial charge in [-0.2, -0.15) is 0 Å². The number of nitrogens with one attached hydrogen (secondary N) is 1. The van der Waals surface area contributed by atoms with Crippen molar-refractivity contribution in [2.45, 2.75) is 270 Å². The van der Waals surface area contributed by atoms with Crippen LogP contribution in [0.4, 0.5) is 0 Å². The summed E-state index contributed by atoms with van der Waals surface area (Å²) in [6.45, 7) is 4.91. The summed E-state index contributed by atoms with van der Waals surface area (Å²) in [6.07, 6.45) is 51.0. The summed E-state index contributed by atoms with van der Waals surface area (Å²) in [7, 11) is 1.63. The maximum Gasteiger partial charge on any atom is 0.472 e. The SMILES string of the molecule is CCCCCCCC/C=C/CCCCCCCCCCCCCCCC(=O)N[C@@H](COP(=O)(O)OCC[N+](C)(C)C)[C@H](O)CCCCCCCCCCCCCCCCC. The Morgan fingerprint density at radius 1 is 0.550 bits per heavy atom. The van der Waals surface area contributed by atoms with Gasteiger partial charge in [0.15, 0.2) is 0 Å². The van der Waals surface area contributed by atoms with Crippen molar-refractivity contribution in [3.05, 3.63) is 12.2 Å². The van der Waals surface area contributed by atoms with Crippen LogP contribution in [0.15, 0.2) is 12.2 Å². The number of amides is 1. The third kappa shape index (κ3) is 45.3. The van der Waals surface area contributed by atoms with E-state index in [1.165, 1.54) is 193 Å². The predicted octanol–water partition coefficient (Wildman–Crippen LogP) is 15.1. The van der Waals surface area contributed by atoms with E-state index in [1.54, 1.807) is 0 Å². The largest absolute Gasteiger partial charge is 0.472 e. The predicted molar refractivity (Wildman–Crippen MR) is 259 cm³/mol. The van der Waals surface area contributed by atoms with Crippen molar-refractivity contribution in [2.75, 3.05) is 40.9 Å². The lowest BCUT2D eigenvalue weighted by atomic mass is 10.0. The van der Waals surface area contributed by atoms with Crippen molar-refractivity contribution in [3.8, 4) is 0 Å². The molecule has 3 N–H and O–H groups in total. The third-order valence-electron chi connectivity index (χ3n) is 12.0. The summed E-state index contributed by atoms with van der Waals surface area (Å²) in [5.74, 6) is -0.141. The maximum atomic E-state index is 12.9. The van der Waals surface area contributed by atoms with Crippen LogP contribution in [0.2, 0.25) is 0 Å². The summed E-state index contributed by atoms with van der Waals surface area (Å²) >= 11 is 0. The molecule has 0 fully saturated rings. The summed E-state index contributed by atoms with van der Waals surface area (Å²) < 4.78 is 23.7. The van der Waals surface area contributed by atoms with Crippen molar-refractivity contribution >= 4 is 13.7 Å². The zero-order valence-corrected chi connectivity index (χ0v) is 41.6. The molecule has 0 radical (unpaired) electrons. The molecule has 358 valence electrons. The van der Waals surface area contributed by atoms with Gasteiger partial charge >= 0.3 is 7.82 Å². The highest BCUT2D eigenvalue weighted by Gasteiger charge is 2.28. The van der Waals surface area contributed by atoms with Crippen LogP contribution in [0.1, 0.15) is 258 Å². The highest BCUT2D eigenvalue weighted by Crippen LogP contribution is 2.43. The minimum atomic E-state index is -4.31. The number of carbonyl (C=O) groups is 1. The molecule has 9 heteroatoms. The minimum Gasteiger partial charge on any atom is -0.391 e. The molecule has 0 spiro atoms. The smallest absolute Gasteiger partial charge is 0.391 e. The number of rotatable bonds is 48. The van der Waals surface area contributed by atoms with Gasteiger partial charge in [0, 0.05) is 6.42 Å². The highest BCUT2D eigenvalue weighted by molar-refractivity contribution is 7.47. The quantitative estimate of drug-likeness (QED) is 0.0243. The van der Waals surface area contributed by atoms with Gasteiger partial charge in [-0.1, -0.05) is 225 Å². The summed E-state index contributed by atoms with van der Waals surface area (Å²) in [4.78, 5) is 23.2. The molecule has 0 aliphatic heterocycles. The minimum absolute atomic E-state index is 0.0772. The fraction of sp³-hybridized carbons (Fsp3) is 0.941. The number of likely N-dealkylation sites (N-methyl/N-ethyl adjacent to an activating group) is 1. The fourth-order valence-corrected chi connectivity index (χ4v) is 8.60. The molecule has 60 heavy (non-hydrogen) atoms. The van der Waals surface area contributed by atoms with E-state index in [-0.39, 0.29) is 19.1 Å². The number of aliphatic hydroxyl groups is 1. The number of nitrogens with zero attached hydrogens (tertiary/aromatic N) is 1. The Morgan fingerprint density at radius 2 is 0.900 bits per heavy atom. The second-order valence-electron chi connectivity index (χ2n) is 19.3. The lowest BCUT2D eigenvalue weighted by molar-refractivity contribution is -0.870. The van der Waals surface area contributed by atoms with E-state index in [9.17, 15) is 19.4 Å². The average molecular weight is 872 g/mol. The van der Waals surface area contributed by atoms with E-state index in [4.69, 9.17) is 9.05 Å². The zero-order valence-electron chi connectivity index (χ0n) is 40.7. The third-order valence-corrected chi connectivity index (χ3v) is 13.0. The molecule has 0 saturated heterocycles. The Hall–Kier alpha value is -0.760. The van der Waals surface area contributed by atoms with Gasteiger partial charge in [0.25, 0.3) is 0 Å². The molecular weight excluding hydrogens is 768 g/mol. The molecule has 1 unspecified atom stereocenters. The van der Waals surface area contributed by atoms with Gasteiger partial charge in [-0.15, -0.1) is 0 Å². The number of allylic oxidation sites excluding steroid dienone is 2. The highest BCUT2D eigenvalue weighted by atomic mass is 31.2. The monoisotopic (exact) mass is 872 g/mol. The first-order chi connectivity index (χ1) is 29.0. The Bertz CT molecular complexity index is 989. The fourth-order valence-electron chi connectivity index (χ4n) is 7.87. The molecular formula is C51H104N2O6P+. The first-order valence-corrected chi connectivity index (χ1v) is 27.5. The number of hydrogen-bond acceptors (Lipinski definition) is 5. The van der Waals surface area contributed by atoms with Crippen molar-refractivity contribution in [2.24, 2.45) is 0 Å². The average Bonchev–Trinajstić information content (AvgIpc) is 3.20. The van der Waals surface area contributed by atoms with E-state index in [0.29, 0.717) is 23.9 Å². The topological polar surface area (TPSA) is 105 Å². The van der Waals surface area contributed by atoms with Crippen LogP contribution in [0.25, 0.3) is 0 Å². The van der Waals surface area contributed by atoms with Gasteiger partial charge in [-0.25, -0.2) is 4.57 Å². The number of hydrogen-bond donors (Lipinski definition) is 3. The molecule has 3 atom stereocenters. The van der Waals surface area contributed by atoms with Crippen LogP contribution in [0.5, 0.6) is 0 Å². The van der Waals surface area contributed by atoms with E-state index in [1.807, 2.05) is 21.1 Å². The lowest BCUT2D eigenvalue weighted by Gasteiger charge is -2.26. The first-order valence-electron chi connectivity index (χ1n) is 26.1. The Kier molecular flexibility index (Phi) is 42.9. The van der Waals surface area contributed by atoms with Crippen LogP contribution in [-0.4, -0.2) is 73.4 Å². The van der Waals surface area contributed by atoms with Crippen molar-refractivity contribution in [3.63, 3.8) is 0 Å². The van der Waals surface area contributed by atoms with Gasteiger partial charge in [0.2, 0.25) is 5.91 Å². The van der Waals surface area contributed by atoms with Crippen molar-refractivity contribution in [1.29, 1.82) is 0 Å². The van der Waals surface area contributed by atoms with Crippen molar-refractivity contribution < 1.29 is 32.9 Å². The second-order valence-corrected chi connectivity index (χ2v) is 20.7. The van der Waals surface area contributed by atoms with Gasteiger partial charge < -0.3 is 19.8 Å². The van der Waals surface area contributed by atoms with E-state index < -0.39 is 20.0 Å². The Labute approximate surface area is 373 Å². The Balaban J connectivity index is 4.18. The Morgan fingerprint density at radius 3 is 1.28 bits per heavy atom. The van der Waals surface area contributed by atoms with Gasteiger partial charge in [0.1, 0.15) is 13.2 Å². The molecule has 1 amide bonds. The van der Waals surface area contributed by atoms with Crippen LogP contribution in [-0.2, 0) is 18.4 Å². The number of aliphatic hydroxyl groups excluding tert-OH is 1. The van der Waals surface area contributed by atoms with Gasteiger partial charge in [0.05, 0.1) is 39.9 Å². The number of quaternary nitrogens is 1. The van der Waals surface area contributed by atoms with Crippen LogP contribution in [0, 0.1) is 0 Å². The molecule has 0 saturated carbocycles.